The van der Waals surface area contributed by atoms with Crippen LogP contribution >= 0.6 is 0 Å². The number of H-pyrrole nitrogens is 1. The highest BCUT2D eigenvalue weighted by atomic mass is 16.4. The molecule has 21 heavy (non-hydrogen) atoms. The van der Waals surface area contributed by atoms with Gasteiger partial charge >= 0.3 is 0 Å². The topological polar surface area (TPSA) is 96.9 Å². The molecule has 0 spiro atoms. The predicted octanol–water partition coefficient (Wildman–Crippen LogP) is 1.64. The summed E-state index contributed by atoms with van der Waals surface area (Å²) in [6.07, 6.45) is 2.17. The first-order chi connectivity index (χ1) is 10.0. The van der Waals surface area contributed by atoms with Crippen LogP contribution in [0.1, 0.15) is 31.4 Å². The predicted molar refractivity (Wildman–Crippen MR) is 79.9 cm³/mol. The number of nitrogens with two attached hydrogens (primary N) is 1. The fourth-order valence-corrected chi connectivity index (χ4v) is 2.87. The first kappa shape index (κ1) is 14.1. The average molecular weight is 290 g/mol. The SMILES string of the molecule is Cc1nc(C)c(-c2nc(N3CCC(C(C)N)CC3)n[nH]2)o1. The molecule has 1 unspecified atom stereocenters. The number of nitrogens with zero attached hydrogens (tertiary/aromatic N) is 4. The third-order valence-electron chi connectivity index (χ3n) is 4.16. The zero-order valence-electron chi connectivity index (χ0n) is 12.8. The van der Waals surface area contributed by atoms with Gasteiger partial charge in [0.1, 0.15) is 0 Å². The lowest BCUT2D eigenvalue weighted by Crippen LogP contribution is -2.40. The van der Waals surface area contributed by atoms with Gasteiger partial charge in [-0.15, -0.1) is 5.10 Å². The highest BCUT2D eigenvalue weighted by Crippen LogP contribution is 2.25. The number of piperidine rings is 1. The molecule has 0 aliphatic carbocycles. The van der Waals surface area contributed by atoms with E-state index in [2.05, 4.69) is 32.0 Å². The Balaban J connectivity index is 1.73. The molecular weight excluding hydrogens is 268 g/mol. The molecule has 3 heterocycles. The monoisotopic (exact) mass is 290 g/mol. The number of oxazole rings is 1. The summed E-state index contributed by atoms with van der Waals surface area (Å²) in [5.41, 5.74) is 6.80. The van der Waals surface area contributed by atoms with Crippen LogP contribution < -0.4 is 10.6 Å². The molecule has 1 fully saturated rings. The van der Waals surface area contributed by atoms with Crippen LogP contribution in [0, 0.1) is 19.8 Å². The molecule has 2 aromatic heterocycles. The molecule has 0 radical (unpaired) electrons. The zero-order chi connectivity index (χ0) is 15.0. The van der Waals surface area contributed by atoms with Gasteiger partial charge in [0.15, 0.2) is 17.5 Å². The summed E-state index contributed by atoms with van der Waals surface area (Å²) < 4.78 is 5.57. The number of hydrogen-bond donors (Lipinski definition) is 2. The minimum atomic E-state index is 0.259. The van der Waals surface area contributed by atoms with Crippen molar-refractivity contribution in [3.8, 4) is 11.6 Å². The number of nitrogens with one attached hydrogen (secondary N) is 1. The number of aromatic nitrogens is 4. The van der Waals surface area contributed by atoms with Gasteiger partial charge in [0.25, 0.3) is 0 Å². The molecule has 0 aromatic carbocycles. The van der Waals surface area contributed by atoms with Crippen molar-refractivity contribution in [2.24, 2.45) is 11.7 Å². The van der Waals surface area contributed by atoms with Crippen molar-refractivity contribution in [2.45, 2.75) is 39.7 Å². The highest BCUT2D eigenvalue weighted by molar-refractivity contribution is 5.52. The van der Waals surface area contributed by atoms with Crippen LogP contribution in [0.15, 0.2) is 4.42 Å². The minimum Gasteiger partial charge on any atom is -0.437 e. The Labute approximate surface area is 123 Å². The van der Waals surface area contributed by atoms with Gasteiger partial charge in [0, 0.05) is 26.1 Å². The van der Waals surface area contributed by atoms with Crippen molar-refractivity contribution in [1.82, 2.24) is 20.2 Å². The lowest BCUT2D eigenvalue weighted by Gasteiger charge is -2.32. The Morgan fingerprint density at radius 3 is 2.57 bits per heavy atom. The summed E-state index contributed by atoms with van der Waals surface area (Å²) >= 11 is 0. The van der Waals surface area contributed by atoms with Crippen molar-refractivity contribution in [1.29, 1.82) is 0 Å². The fourth-order valence-electron chi connectivity index (χ4n) is 2.87. The van der Waals surface area contributed by atoms with Crippen molar-refractivity contribution < 1.29 is 4.42 Å². The molecule has 0 amide bonds. The summed E-state index contributed by atoms with van der Waals surface area (Å²) in [6.45, 7) is 7.70. The number of rotatable bonds is 3. The van der Waals surface area contributed by atoms with Gasteiger partial charge in [-0.3, -0.25) is 5.10 Å². The second-order valence-corrected chi connectivity index (χ2v) is 5.82. The van der Waals surface area contributed by atoms with Crippen LogP contribution in [0.25, 0.3) is 11.6 Å². The maximum absolute atomic E-state index is 5.98. The molecule has 114 valence electrons. The Morgan fingerprint density at radius 2 is 2.00 bits per heavy atom. The molecule has 2 aromatic rings. The number of aryl methyl sites for hydroxylation is 2. The lowest BCUT2D eigenvalue weighted by molar-refractivity contribution is 0.352. The number of anilines is 1. The largest absolute Gasteiger partial charge is 0.437 e. The lowest BCUT2D eigenvalue weighted by atomic mass is 9.91. The van der Waals surface area contributed by atoms with Crippen molar-refractivity contribution in [3.05, 3.63) is 11.6 Å². The van der Waals surface area contributed by atoms with E-state index in [1.807, 2.05) is 13.8 Å². The molecule has 0 bridgehead atoms. The average Bonchev–Trinajstić information content (AvgIpc) is 3.05. The van der Waals surface area contributed by atoms with Crippen LogP contribution in [0.3, 0.4) is 0 Å². The van der Waals surface area contributed by atoms with Crippen LogP contribution in [-0.4, -0.2) is 39.3 Å². The van der Waals surface area contributed by atoms with Crippen LogP contribution in [0.2, 0.25) is 0 Å². The van der Waals surface area contributed by atoms with Crippen molar-refractivity contribution >= 4 is 5.95 Å². The summed E-state index contributed by atoms with van der Waals surface area (Å²) in [7, 11) is 0. The molecule has 1 saturated heterocycles. The van der Waals surface area contributed by atoms with Crippen molar-refractivity contribution in [3.63, 3.8) is 0 Å². The Hall–Kier alpha value is -1.89. The second-order valence-electron chi connectivity index (χ2n) is 5.82. The van der Waals surface area contributed by atoms with E-state index in [4.69, 9.17) is 10.2 Å². The Bertz CT molecular complexity index is 609. The maximum Gasteiger partial charge on any atom is 0.245 e. The van der Waals surface area contributed by atoms with E-state index in [-0.39, 0.29) is 6.04 Å². The van der Waals surface area contributed by atoms with Gasteiger partial charge in [0.2, 0.25) is 5.95 Å². The highest BCUT2D eigenvalue weighted by Gasteiger charge is 2.24. The summed E-state index contributed by atoms with van der Waals surface area (Å²) in [4.78, 5) is 11.0. The Kier molecular flexibility index (Phi) is 3.67. The number of hydrogen-bond acceptors (Lipinski definition) is 6. The fraction of sp³-hybridized carbons (Fsp3) is 0.643. The minimum absolute atomic E-state index is 0.259. The van der Waals surface area contributed by atoms with E-state index in [1.165, 1.54) is 0 Å². The summed E-state index contributed by atoms with van der Waals surface area (Å²) in [5.74, 6) is 3.26. The molecule has 1 aliphatic rings. The van der Waals surface area contributed by atoms with Crippen LogP contribution in [-0.2, 0) is 0 Å². The second kappa shape index (κ2) is 5.48. The van der Waals surface area contributed by atoms with E-state index >= 15 is 0 Å². The molecule has 3 N–H and O–H groups in total. The van der Waals surface area contributed by atoms with Gasteiger partial charge < -0.3 is 15.1 Å². The van der Waals surface area contributed by atoms with E-state index in [0.717, 1.165) is 37.6 Å². The molecular formula is C14H22N6O. The molecule has 0 saturated carbocycles. The third kappa shape index (κ3) is 2.78. The first-order valence-electron chi connectivity index (χ1n) is 7.42. The molecule has 7 nitrogen and oxygen atoms in total. The van der Waals surface area contributed by atoms with Gasteiger partial charge in [-0.2, -0.15) is 4.98 Å². The van der Waals surface area contributed by atoms with Gasteiger partial charge in [-0.1, -0.05) is 0 Å². The number of aromatic amines is 1. The smallest absolute Gasteiger partial charge is 0.245 e. The zero-order valence-corrected chi connectivity index (χ0v) is 12.8. The van der Waals surface area contributed by atoms with E-state index < -0.39 is 0 Å². The molecule has 3 rings (SSSR count). The normalized spacial score (nSPS) is 18.2. The maximum atomic E-state index is 5.98. The standard InChI is InChI=1S/C14H22N6O/c1-8(15)11-4-6-20(7-5-11)14-17-13(18-19-14)12-9(2)16-10(3)21-12/h8,11H,4-7,15H2,1-3H3,(H,17,18,19). The van der Waals surface area contributed by atoms with Crippen LogP contribution in [0.4, 0.5) is 5.95 Å². The van der Waals surface area contributed by atoms with E-state index in [9.17, 15) is 0 Å². The van der Waals surface area contributed by atoms with Gasteiger partial charge in [0.05, 0.1) is 5.69 Å². The van der Waals surface area contributed by atoms with Gasteiger partial charge in [-0.05, 0) is 32.6 Å². The molecule has 1 atom stereocenters. The molecule has 1 aliphatic heterocycles. The van der Waals surface area contributed by atoms with Crippen LogP contribution in [0.5, 0.6) is 0 Å². The summed E-state index contributed by atoms with van der Waals surface area (Å²) in [6, 6.07) is 0.259. The molecule has 7 heteroatoms. The Morgan fingerprint density at radius 1 is 1.29 bits per heavy atom. The third-order valence-corrected chi connectivity index (χ3v) is 4.16. The van der Waals surface area contributed by atoms with E-state index in [0.29, 0.717) is 23.4 Å². The quantitative estimate of drug-likeness (QED) is 0.892. The van der Waals surface area contributed by atoms with E-state index in [1.54, 1.807) is 0 Å². The first-order valence-corrected chi connectivity index (χ1v) is 7.42. The summed E-state index contributed by atoms with van der Waals surface area (Å²) in [5, 5.41) is 7.25. The van der Waals surface area contributed by atoms with Crippen molar-refractivity contribution in [2.75, 3.05) is 18.0 Å². The van der Waals surface area contributed by atoms with Gasteiger partial charge in [-0.25, -0.2) is 4.98 Å².